The van der Waals surface area contributed by atoms with E-state index in [4.69, 9.17) is 9.47 Å². The van der Waals surface area contributed by atoms with Gasteiger partial charge >= 0.3 is 5.97 Å². The predicted molar refractivity (Wildman–Crippen MR) is 134 cm³/mol. The quantitative estimate of drug-likeness (QED) is 0.509. The highest BCUT2D eigenvalue weighted by atomic mass is 16.5. The van der Waals surface area contributed by atoms with Gasteiger partial charge in [0.05, 0.1) is 11.7 Å². The maximum atomic E-state index is 13.3. The van der Waals surface area contributed by atoms with E-state index < -0.39 is 29.0 Å². The number of carbonyl (C=O) groups is 2. The first kappa shape index (κ1) is 27.7. The van der Waals surface area contributed by atoms with E-state index in [0.29, 0.717) is 12.3 Å². The van der Waals surface area contributed by atoms with Crippen LogP contribution in [-0.2, 0) is 25.6 Å². The van der Waals surface area contributed by atoms with E-state index >= 15 is 0 Å². The molecule has 1 N–H and O–H groups in total. The Hall–Kier alpha value is -1.87. The Kier molecular flexibility index (Phi) is 8.73. The van der Waals surface area contributed by atoms with Gasteiger partial charge in [0.15, 0.2) is 5.78 Å². The van der Waals surface area contributed by atoms with Crippen molar-refractivity contribution in [3.63, 3.8) is 0 Å². The highest BCUT2D eigenvalue weighted by Gasteiger charge is 2.48. The predicted octanol–water partition coefficient (Wildman–Crippen LogP) is 2.39. The number of likely N-dealkylation sites (tertiary alicyclic amines) is 1. The molecule has 0 radical (unpaired) electrons. The molecule has 0 spiro atoms. The van der Waals surface area contributed by atoms with E-state index in [1.807, 2.05) is 31.5 Å². The van der Waals surface area contributed by atoms with Crippen LogP contribution in [0.4, 0.5) is 0 Å². The lowest BCUT2D eigenvalue weighted by Gasteiger charge is -2.46. The molecule has 8 nitrogen and oxygen atoms in total. The Bertz CT molecular complexity index is 873. The zero-order valence-electron chi connectivity index (χ0n) is 22.4. The molecule has 2 fully saturated rings. The van der Waals surface area contributed by atoms with E-state index in [1.165, 1.54) is 5.56 Å². The molecular weight excluding hydrogens is 446 g/mol. The Morgan fingerprint density at radius 1 is 1.14 bits per heavy atom. The Balaban J connectivity index is 1.79. The summed E-state index contributed by atoms with van der Waals surface area (Å²) >= 11 is 0. The highest BCUT2D eigenvalue weighted by Crippen LogP contribution is 2.35. The lowest BCUT2D eigenvalue weighted by Crippen LogP contribution is -2.58. The maximum absolute atomic E-state index is 13.3. The number of cyclic esters (lactones) is 1. The van der Waals surface area contributed by atoms with Crippen molar-refractivity contribution in [1.29, 1.82) is 0 Å². The van der Waals surface area contributed by atoms with Gasteiger partial charge in [-0.3, -0.25) is 24.4 Å². The SMILES string of the molecule is CO[C@]1(C)C[C@@H](C)CN(C)[C@H](C2CN(Cc3ccncc3)C2)COC(=O)C(C)(C)C(=O)[C@H](C)[C@H]1O. The van der Waals surface area contributed by atoms with Gasteiger partial charge in [0.1, 0.15) is 12.0 Å². The summed E-state index contributed by atoms with van der Waals surface area (Å²) in [5.41, 5.74) is -1.03. The summed E-state index contributed by atoms with van der Waals surface area (Å²) in [4.78, 5) is 35.1. The van der Waals surface area contributed by atoms with Crippen molar-refractivity contribution in [3.05, 3.63) is 30.1 Å². The topological polar surface area (TPSA) is 92.2 Å². The third-order valence-electron chi connectivity index (χ3n) is 8.10. The molecule has 1 aromatic heterocycles. The van der Waals surface area contributed by atoms with Gasteiger partial charge in [0, 0.05) is 63.6 Å². The van der Waals surface area contributed by atoms with E-state index in [9.17, 15) is 14.7 Å². The monoisotopic (exact) mass is 489 g/mol. The van der Waals surface area contributed by atoms with Crippen LogP contribution >= 0.6 is 0 Å². The fraction of sp³-hybridized carbons (Fsp3) is 0.741. The number of aliphatic hydroxyl groups is 1. The smallest absolute Gasteiger partial charge is 0.319 e. The number of carbonyl (C=O) groups excluding carboxylic acids is 2. The van der Waals surface area contributed by atoms with Crippen molar-refractivity contribution in [1.82, 2.24) is 14.8 Å². The minimum absolute atomic E-state index is 0.0397. The van der Waals surface area contributed by atoms with Crippen LogP contribution in [0.3, 0.4) is 0 Å². The number of likely N-dealkylation sites (N-methyl/N-ethyl adjacent to an activating group) is 1. The normalized spacial score (nSPS) is 34.3. The Morgan fingerprint density at radius 2 is 1.77 bits per heavy atom. The van der Waals surface area contributed by atoms with Gasteiger partial charge in [-0.2, -0.15) is 0 Å². The van der Waals surface area contributed by atoms with Gasteiger partial charge < -0.3 is 14.6 Å². The van der Waals surface area contributed by atoms with Crippen molar-refractivity contribution in [3.8, 4) is 0 Å². The first-order valence-corrected chi connectivity index (χ1v) is 12.6. The third kappa shape index (κ3) is 6.10. The van der Waals surface area contributed by atoms with Gasteiger partial charge in [0.25, 0.3) is 0 Å². The zero-order chi connectivity index (χ0) is 26.0. The van der Waals surface area contributed by atoms with Crippen molar-refractivity contribution in [2.45, 2.75) is 65.3 Å². The number of pyridine rings is 1. The highest BCUT2D eigenvalue weighted by molar-refractivity contribution is 6.04. The van der Waals surface area contributed by atoms with Gasteiger partial charge in [-0.1, -0.05) is 13.8 Å². The molecular formula is C27H43N3O5. The molecule has 3 heterocycles. The zero-order valence-corrected chi connectivity index (χ0v) is 22.4. The lowest BCUT2D eigenvalue weighted by molar-refractivity contribution is -0.166. The van der Waals surface area contributed by atoms with E-state index in [0.717, 1.165) is 26.2 Å². The average Bonchev–Trinajstić information content (AvgIpc) is 2.80. The molecule has 0 aliphatic carbocycles. The minimum Gasteiger partial charge on any atom is -0.463 e. The molecule has 0 saturated carbocycles. The second-order valence-corrected chi connectivity index (χ2v) is 11.5. The van der Waals surface area contributed by atoms with Crippen LogP contribution in [0.15, 0.2) is 24.5 Å². The molecule has 2 aliphatic rings. The number of esters is 1. The molecule has 35 heavy (non-hydrogen) atoms. The van der Waals surface area contributed by atoms with Gasteiger partial charge in [-0.05, 0) is 57.9 Å². The second kappa shape index (κ2) is 11.0. The molecule has 2 saturated heterocycles. The fourth-order valence-corrected chi connectivity index (χ4v) is 5.74. The van der Waals surface area contributed by atoms with E-state index in [1.54, 1.807) is 27.9 Å². The van der Waals surface area contributed by atoms with Crippen molar-refractivity contribution >= 4 is 11.8 Å². The minimum atomic E-state index is -1.36. The van der Waals surface area contributed by atoms with Gasteiger partial charge in [-0.15, -0.1) is 0 Å². The number of aromatic nitrogens is 1. The molecule has 196 valence electrons. The number of nitrogens with zero attached hydrogens (tertiary/aromatic N) is 3. The number of Topliss-reactive ketones (excluding diaryl/α,β-unsaturated/α-hetero) is 1. The summed E-state index contributed by atoms with van der Waals surface area (Å²) in [5.74, 6) is -1.09. The molecule has 0 bridgehead atoms. The lowest BCUT2D eigenvalue weighted by atomic mass is 9.74. The number of hydrogen-bond acceptors (Lipinski definition) is 8. The molecule has 5 atom stereocenters. The fourth-order valence-electron chi connectivity index (χ4n) is 5.74. The first-order chi connectivity index (χ1) is 16.4. The largest absolute Gasteiger partial charge is 0.463 e. The van der Waals surface area contributed by atoms with E-state index in [-0.39, 0.29) is 24.3 Å². The number of aliphatic hydroxyl groups excluding tert-OH is 1. The molecule has 3 rings (SSSR count). The Morgan fingerprint density at radius 3 is 2.37 bits per heavy atom. The van der Waals surface area contributed by atoms with Crippen LogP contribution < -0.4 is 0 Å². The third-order valence-corrected chi connectivity index (χ3v) is 8.10. The first-order valence-electron chi connectivity index (χ1n) is 12.6. The number of rotatable bonds is 4. The molecule has 0 unspecified atom stereocenters. The number of ketones is 1. The summed E-state index contributed by atoms with van der Waals surface area (Å²) in [6.07, 6.45) is 3.17. The van der Waals surface area contributed by atoms with E-state index in [2.05, 4.69) is 28.8 Å². The standard InChI is InChI=1S/C27H43N3O5/c1-18-12-27(5,34-7)24(32)19(2)23(31)26(3,4)25(33)35-17-22(29(6)13-18)21-15-30(16-21)14-20-8-10-28-11-9-20/h8-11,18-19,21-22,24,32H,12-17H2,1-7H3/t18-,19+,22+,24-,27-/m1/s1. The molecule has 2 aliphatic heterocycles. The second-order valence-electron chi connectivity index (χ2n) is 11.5. The molecule has 0 amide bonds. The molecule has 1 aromatic rings. The van der Waals surface area contributed by atoms with Gasteiger partial charge in [-0.25, -0.2) is 0 Å². The average molecular weight is 490 g/mol. The summed E-state index contributed by atoms with van der Waals surface area (Å²) in [6, 6.07) is 4.10. The Labute approximate surface area is 210 Å². The number of hydrogen-bond donors (Lipinski definition) is 1. The number of ether oxygens (including phenoxy) is 2. The molecule has 0 aromatic carbocycles. The summed E-state index contributed by atoms with van der Waals surface area (Å²) < 4.78 is 11.6. The van der Waals surface area contributed by atoms with Crippen molar-refractivity contribution in [2.75, 3.05) is 40.4 Å². The van der Waals surface area contributed by atoms with Crippen LogP contribution in [0.1, 0.15) is 46.6 Å². The maximum Gasteiger partial charge on any atom is 0.319 e. The van der Waals surface area contributed by atoms with Crippen LogP contribution in [0.5, 0.6) is 0 Å². The van der Waals surface area contributed by atoms with Crippen LogP contribution in [0.25, 0.3) is 0 Å². The summed E-state index contributed by atoms with van der Waals surface area (Å²) in [5, 5.41) is 11.1. The van der Waals surface area contributed by atoms with Crippen molar-refractivity contribution < 1.29 is 24.2 Å². The van der Waals surface area contributed by atoms with Crippen LogP contribution in [0, 0.1) is 23.2 Å². The van der Waals surface area contributed by atoms with Gasteiger partial charge in [0.2, 0.25) is 0 Å². The summed E-state index contributed by atoms with van der Waals surface area (Å²) in [6.45, 7) is 12.5. The number of methoxy groups -OCH3 is 1. The van der Waals surface area contributed by atoms with Crippen LogP contribution in [0.2, 0.25) is 0 Å². The van der Waals surface area contributed by atoms with Crippen molar-refractivity contribution in [2.24, 2.45) is 23.2 Å². The summed E-state index contributed by atoms with van der Waals surface area (Å²) in [7, 11) is 3.64. The molecule has 8 heteroatoms. The van der Waals surface area contributed by atoms with Crippen LogP contribution in [-0.4, -0.2) is 89.8 Å².